The van der Waals surface area contributed by atoms with E-state index >= 15 is 0 Å². The van der Waals surface area contributed by atoms with Gasteiger partial charge in [0.05, 0.1) is 18.7 Å². The van der Waals surface area contributed by atoms with E-state index in [4.69, 9.17) is 9.47 Å². The van der Waals surface area contributed by atoms with Crippen LogP contribution < -0.4 is 10.1 Å². The maximum absolute atomic E-state index is 11.7. The first-order chi connectivity index (χ1) is 14.7. The number of hydrogen-bond donors (Lipinski definition) is 1. The number of carbonyl (C=O) groups excluding carboxylic acids is 1. The van der Waals surface area contributed by atoms with Gasteiger partial charge in [0.1, 0.15) is 17.4 Å². The molecule has 1 saturated heterocycles. The number of fused-ring (bicyclic) bond motifs is 1. The first-order valence-electron chi connectivity index (χ1n) is 10.4. The van der Waals surface area contributed by atoms with Crippen molar-refractivity contribution < 1.29 is 14.3 Å². The van der Waals surface area contributed by atoms with Crippen LogP contribution >= 0.6 is 11.3 Å². The van der Waals surface area contributed by atoms with Gasteiger partial charge in [-0.2, -0.15) is 0 Å². The van der Waals surface area contributed by atoms with Crippen LogP contribution in [0.15, 0.2) is 41.8 Å². The second-order valence-corrected chi connectivity index (χ2v) is 8.12. The second kappa shape index (κ2) is 10.0. The molecule has 0 amide bonds. The molecule has 1 aromatic heterocycles. The number of rotatable bonds is 8. The molecular formula is C23H27N3O3S. The third-order valence-electron chi connectivity index (χ3n) is 5.15. The number of thiazole rings is 1. The van der Waals surface area contributed by atoms with E-state index in [0.717, 1.165) is 65.5 Å². The molecule has 0 unspecified atom stereocenters. The van der Waals surface area contributed by atoms with Crippen LogP contribution in [0.5, 0.6) is 5.75 Å². The van der Waals surface area contributed by atoms with Crippen molar-refractivity contribution in [2.45, 2.75) is 13.3 Å². The van der Waals surface area contributed by atoms with Gasteiger partial charge in [-0.3, -0.25) is 9.69 Å². The molecule has 4 rings (SSSR count). The molecular weight excluding hydrogens is 398 g/mol. The van der Waals surface area contributed by atoms with Gasteiger partial charge in [0, 0.05) is 49.1 Å². The molecule has 0 bridgehead atoms. The van der Waals surface area contributed by atoms with E-state index in [2.05, 4.69) is 39.5 Å². The summed E-state index contributed by atoms with van der Waals surface area (Å²) < 4.78 is 11.2. The second-order valence-electron chi connectivity index (χ2n) is 7.26. The molecule has 2 aromatic carbocycles. The summed E-state index contributed by atoms with van der Waals surface area (Å²) in [6.45, 7) is 8.03. The summed E-state index contributed by atoms with van der Waals surface area (Å²) in [4.78, 5) is 18.8. The van der Waals surface area contributed by atoms with Gasteiger partial charge >= 0.3 is 5.97 Å². The standard InChI is InChI=1S/C23H27N3O3S/c1-2-28-22(27)15-19-16-30-23(25-19)18-7-6-17-4-3-5-21(20(17)14-18)29-13-12-26-10-8-24-9-11-26/h3-7,14,16,24H,2,8-13,15H2,1H3. The van der Waals surface area contributed by atoms with Crippen LogP contribution in [0, 0.1) is 0 Å². The lowest BCUT2D eigenvalue weighted by Gasteiger charge is -2.27. The summed E-state index contributed by atoms with van der Waals surface area (Å²) >= 11 is 1.54. The van der Waals surface area contributed by atoms with Crippen LogP contribution in [0.1, 0.15) is 12.6 Å². The Labute approximate surface area is 180 Å². The normalized spacial score (nSPS) is 14.7. The smallest absolute Gasteiger partial charge is 0.311 e. The van der Waals surface area contributed by atoms with Crippen LogP contribution in [0.2, 0.25) is 0 Å². The molecule has 7 heteroatoms. The molecule has 3 aromatic rings. The molecule has 1 aliphatic rings. The van der Waals surface area contributed by atoms with Gasteiger partial charge < -0.3 is 14.8 Å². The molecule has 0 saturated carbocycles. The molecule has 6 nitrogen and oxygen atoms in total. The van der Waals surface area contributed by atoms with Crippen molar-refractivity contribution in [1.82, 2.24) is 15.2 Å². The zero-order chi connectivity index (χ0) is 20.8. The first-order valence-corrected chi connectivity index (χ1v) is 11.3. The number of aromatic nitrogens is 1. The number of piperazine rings is 1. The molecule has 158 valence electrons. The van der Waals surface area contributed by atoms with Crippen molar-refractivity contribution in [3.8, 4) is 16.3 Å². The van der Waals surface area contributed by atoms with Crippen LogP contribution in [-0.2, 0) is 16.0 Å². The van der Waals surface area contributed by atoms with E-state index in [1.165, 1.54) is 0 Å². The van der Waals surface area contributed by atoms with Crippen LogP contribution in [0.3, 0.4) is 0 Å². The van der Waals surface area contributed by atoms with E-state index < -0.39 is 0 Å². The number of hydrogen-bond acceptors (Lipinski definition) is 7. The van der Waals surface area contributed by atoms with Gasteiger partial charge in [0.15, 0.2) is 0 Å². The number of ether oxygens (including phenoxy) is 2. The predicted molar refractivity (Wildman–Crippen MR) is 120 cm³/mol. The SMILES string of the molecule is CCOC(=O)Cc1csc(-c2ccc3cccc(OCCN4CCNCC4)c3c2)n1. The number of nitrogens with zero attached hydrogens (tertiary/aromatic N) is 2. The Morgan fingerprint density at radius 3 is 2.93 bits per heavy atom. The lowest BCUT2D eigenvalue weighted by Crippen LogP contribution is -2.44. The topological polar surface area (TPSA) is 63.7 Å². The minimum absolute atomic E-state index is 0.207. The zero-order valence-electron chi connectivity index (χ0n) is 17.2. The van der Waals surface area contributed by atoms with Gasteiger partial charge in [0.25, 0.3) is 0 Å². The van der Waals surface area contributed by atoms with Gasteiger partial charge in [0.2, 0.25) is 0 Å². The predicted octanol–water partition coefficient (Wildman–Crippen LogP) is 3.35. The Balaban J connectivity index is 1.48. The Morgan fingerprint density at radius 2 is 2.10 bits per heavy atom. The molecule has 0 atom stereocenters. The van der Waals surface area contributed by atoms with Crippen molar-refractivity contribution in [1.29, 1.82) is 0 Å². The molecule has 0 spiro atoms. The first kappa shape index (κ1) is 20.8. The maximum atomic E-state index is 11.7. The number of nitrogens with one attached hydrogen (secondary N) is 1. The van der Waals surface area contributed by atoms with Crippen molar-refractivity contribution in [2.24, 2.45) is 0 Å². The molecule has 1 N–H and O–H groups in total. The lowest BCUT2D eigenvalue weighted by molar-refractivity contribution is -0.142. The fourth-order valence-corrected chi connectivity index (χ4v) is 4.42. The van der Waals surface area contributed by atoms with E-state index in [1.807, 2.05) is 24.4 Å². The lowest BCUT2D eigenvalue weighted by atomic mass is 10.1. The summed E-state index contributed by atoms with van der Waals surface area (Å²) in [6, 6.07) is 12.4. The molecule has 1 aliphatic heterocycles. The number of esters is 1. The zero-order valence-corrected chi connectivity index (χ0v) is 18.0. The Hall–Kier alpha value is -2.48. The van der Waals surface area contributed by atoms with Gasteiger partial charge in [-0.1, -0.05) is 24.3 Å². The highest BCUT2D eigenvalue weighted by atomic mass is 32.1. The Bertz CT molecular complexity index is 998. The van der Waals surface area contributed by atoms with Crippen molar-refractivity contribution in [2.75, 3.05) is 45.9 Å². The minimum atomic E-state index is -0.243. The number of benzene rings is 2. The fraction of sp³-hybridized carbons (Fsp3) is 0.391. The van der Waals surface area contributed by atoms with Crippen molar-refractivity contribution in [3.05, 3.63) is 47.5 Å². The summed E-state index contributed by atoms with van der Waals surface area (Å²) in [5.41, 5.74) is 1.77. The molecule has 0 aliphatic carbocycles. The maximum Gasteiger partial charge on any atom is 0.311 e. The van der Waals surface area contributed by atoms with E-state index in [-0.39, 0.29) is 12.4 Å². The highest BCUT2D eigenvalue weighted by molar-refractivity contribution is 7.13. The Morgan fingerprint density at radius 1 is 1.23 bits per heavy atom. The highest BCUT2D eigenvalue weighted by Gasteiger charge is 2.12. The third kappa shape index (κ3) is 5.16. The largest absolute Gasteiger partial charge is 0.492 e. The highest BCUT2D eigenvalue weighted by Crippen LogP contribution is 2.32. The monoisotopic (exact) mass is 425 g/mol. The summed E-state index contributed by atoms with van der Waals surface area (Å²) in [6.07, 6.45) is 0.207. The van der Waals surface area contributed by atoms with Crippen LogP contribution in [-0.4, -0.2) is 61.8 Å². The fourth-order valence-electron chi connectivity index (χ4n) is 3.60. The molecule has 2 heterocycles. The van der Waals surface area contributed by atoms with E-state index in [0.29, 0.717) is 13.2 Å². The minimum Gasteiger partial charge on any atom is -0.492 e. The summed E-state index contributed by atoms with van der Waals surface area (Å²) in [5.74, 6) is 0.654. The van der Waals surface area contributed by atoms with Gasteiger partial charge in [-0.05, 0) is 24.4 Å². The summed E-state index contributed by atoms with van der Waals surface area (Å²) in [5, 5.41) is 8.41. The van der Waals surface area contributed by atoms with Crippen molar-refractivity contribution in [3.63, 3.8) is 0 Å². The van der Waals surface area contributed by atoms with Crippen LogP contribution in [0.25, 0.3) is 21.3 Å². The number of carbonyl (C=O) groups is 1. The van der Waals surface area contributed by atoms with Gasteiger partial charge in [-0.15, -0.1) is 11.3 Å². The average molecular weight is 426 g/mol. The van der Waals surface area contributed by atoms with Crippen molar-refractivity contribution >= 4 is 28.1 Å². The third-order valence-corrected chi connectivity index (χ3v) is 6.09. The molecule has 0 radical (unpaired) electrons. The molecule has 30 heavy (non-hydrogen) atoms. The molecule has 1 fully saturated rings. The van der Waals surface area contributed by atoms with Crippen LogP contribution in [0.4, 0.5) is 0 Å². The van der Waals surface area contributed by atoms with E-state index in [9.17, 15) is 4.79 Å². The Kier molecular flexibility index (Phi) is 6.94. The summed E-state index contributed by atoms with van der Waals surface area (Å²) in [7, 11) is 0. The van der Waals surface area contributed by atoms with E-state index in [1.54, 1.807) is 11.3 Å². The van der Waals surface area contributed by atoms with Gasteiger partial charge in [-0.25, -0.2) is 4.98 Å². The quantitative estimate of drug-likeness (QED) is 0.559. The average Bonchev–Trinajstić information content (AvgIpc) is 3.23.